The van der Waals surface area contributed by atoms with Crippen LogP contribution >= 0.6 is 0 Å². The van der Waals surface area contributed by atoms with Crippen molar-refractivity contribution in [3.63, 3.8) is 0 Å². The minimum atomic E-state index is -0.459. The third-order valence-electron chi connectivity index (χ3n) is 10.3. The second-order valence-electron chi connectivity index (χ2n) is 12.7. The Morgan fingerprint density at radius 2 is 1.06 bits per heavy atom. The monoisotopic (exact) mass is 610 g/mol. The van der Waals surface area contributed by atoms with Crippen molar-refractivity contribution in [1.29, 1.82) is 0 Å². The molecular weight excluding hydrogens is 581 g/mol. The fraction of sp³-hybridized carbons (Fsp3) is 0.0217. The Morgan fingerprint density at radius 3 is 1.83 bits per heavy atom. The number of rotatable bonds is 4. The number of para-hydroxylation sites is 1. The van der Waals surface area contributed by atoms with Gasteiger partial charge in [0.15, 0.2) is 0 Å². The van der Waals surface area contributed by atoms with E-state index in [1.54, 1.807) is 0 Å². The van der Waals surface area contributed by atoms with E-state index >= 15 is 0 Å². The average molecular weight is 611 g/mol. The van der Waals surface area contributed by atoms with Gasteiger partial charge in [0.05, 0.1) is 27.7 Å². The molecule has 0 N–H and O–H groups in total. The number of hydrogen-bond acceptors (Lipinski definition) is 1. The second-order valence-corrected chi connectivity index (χ2v) is 12.7. The van der Waals surface area contributed by atoms with Crippen LogP contribution in [0.2, 0.25) is 0 Å². The maximum absolute atomic E-state index is 5.14. The molecule has 9 aromatic rings. The molecule has 10 rings (SSSR count). The van der Waals surface area contributed by atoms with Gasteiger partial charge >= 0.3 is 0 Å². The maximum atomic E-state index is 5.14. The predicted octanol–water partition coefficient (Wildman–Crippen LogP) is 11.4. The molecule has 0 radical (unpaired) electrons. The van der Waals surface area contributed by atoms with Gasteiger partial charge < -0.3 is 4.57 Å². The molecule has 2 nitrogen and oxygen atoms in total. The number of benzene rings is 7. The Kier molecular flexibility index (Phi) is 5.82. The maximum Gasteiger partial charge on any atom is 0.0730 e. The molecule has 0 bridgehead atoms. The van der Waals surface area contributed by atoms with Crippen LogP contribution in [0, 0.1) is 0 Å². The van der Waals surface area contributed by atoms with E-state index in [0.29, 0.717) is 0 Å². The van der Waals surface area contributed by atoms with Crippen molar-refractivity contribution in [2.45, 2.75) is 5.41 Å². The highest BCUT2D eigenvalue weighted by Gasteiger charge is 2.46. The Balaban J connectivity index is 1.27. The molecule has 1 aliphatic rings. The van der Waals surface area contributed by atoms with Gasteiger partial charge in [-0.25, -0.2) is 4.98 Å². The Labute approximate surface area is 279 Å². The normalized spacial score (nSPS) is 13.2. The zero-order valence-corrected chi connectivity index (χ0v) is 26.2. The molecular formula is C46H30N2. The zero-order chi connectivity index (χ0) is 31.7. The molecule has 1 aliphatic carbocycles. The third kappa shape index (κ3) is 3.77. The molecule has 0 amide bonds. The lowest BCUT2D eigenvalue weighted by Gasteiger charge is -2.34. The molecule has 224 valence electrons. The first-order valence-electron chi connectivity index (χ1n) is 16.6. The van der Waals surface area contributed by atoms with E-state index < -0.39 is 5.41 Å². The van der Waals surface area contributed by atoms with Gasteiger partial charge in [0.25, 0.3) is 0 Å². The van der Waals surface area contributed by atoms with Crippen molar-refractivity contribution in [2.75, 3.05) is 0 Å². The number of pyridine rings is 1. The molecule has 0 spiro atoms. The summed E-state index contributed by atoms with van der Waals surface area (Å²) in [5, 5.41) is 3.61. The summed E-state index contributed by atoms with van der Waals surface area (Å²) in [6.07, 6.45) is 0. The highest BCUT2D eigenvalue weighted by Crippen LogP contribution is 2.56. The van der Waals surface area contributed by atoms with Crippen molar-refractivity contribution < 1.29 is 0 Å². The third-order valence-corrected chi connectivity index (χ3v) is 10.3. The van der Waals surface area contributed by atoms with Crippen molar-refractivity contribution in [1.82, 2.24) is 9.55 Å². The quantitative estimate of drug-likeness (QED) is 0.194. The van der Waals surface area contributed by atoms with Crippen molar-refractivity contribution in [3.05, 3.63) is 204 Å². The molecule has 0 fully saturated rings. The number of fused-ring (bicyclic) bond motifs is 7. The van der Waals surface area contributed by atoms with Gasteiger partial charge in [0, 0.05) is 27.4 Å². The summed E-state index contributed by atoms with van der Waals surface area (Å²) in [7, 11) is 0. The summed E-state index contributed by atoms with van der Waals surface area (Å²) in [6, 6.07) is 66.2. The van der Waals surface area contributed by atoms with Crippen LogP contribution in [0.3, 0.4) is 0 Å². The first-order valence-corrected chi connectivity index (χ1v) is 16.6. The van der Waals surface area contributed by atoms with E-state index in [2.05, 4.69) is 180 Å². The van der Waals surface area contributed by atoms with E-state index in [1.165, 1.54) is 55.2 Å². The molecule has 2 heteroatoms. The molecule has 2 aromatic heterocycles. The van der Waals surface area contributed by atoms with Crippen LogP contribution in [-0.4, -0.2) is 9.55 Å². The van der Waals surface area contributed by atoms with Gasteiger partial charge in [0.1, 0.15) is 0 Å². The highest BCUT2D eigenvalue weighted by molar-refractivity contribution is 6.10. The van der Waals surface area contributed by atoms with Crippen LogP contribution in [0.15, 0.2) is 182 Å². The number of nitrogens with zero attached hydrogens (tertiary/aromatic N) is 2. The average Bonchev–Trinajstić information content (AvgIpc) is 3.66. The van der Waals surface area contributed by atoms with E-state index in [9.17, 15) is 0 Å². The molecule has 0 saturated heterocycles. The number of hydrogen-bond donors (Lipinski definition) is 0. The molecule has 0 aliphatic heterocycles. The van der Waals surface area contributed by atoms with Crippen LogP contribution in [0.5, 0.6) is 0 Å². The second kappa shape index (κ2) is 10.4. The fourth-order valence-corrected chi connectivity index (χ4v) is 8.21. The van der Waals surface area contributed by atoms with E-state index in [0.717, 1.165) is 27.8 Å². The highest BCUT2D eigenvalue weighted by atomic mass is 15.0. The summed E-state index contributed by atoms with van der Waals surface area (Å²) < 4.78 is 2.43. The first-order chi connectivity index (χ1) is 23.8. The summed E-state index contributed by atoms with van der Waals surface area (Å²) in [4.78, 5) is 5.14. The van der Waals surface area contributed by atoms with Crippen LogP contribution in [0.4, 0.5) is 0 Å². The van der Waals surface area contributed by atoms with E-state index in [1.807, 2.05) is 6.07 Å². The molecule has 0 unspecified atom stereocenters. The van der Waals surface area contributed by atoms with Crippen molar-refractivity contribution in [3.8, 4) is 28.1 Å². The molecule has 7 aromatic carbocycles. The van der Waals surface area contributed by atoms with Crippen LogP contribution in [0.25, 0.3) is 60.8 Å². The SMILES string of the molecule is c1ccc(-c2ccc3ccc(-n4c5ccccc5c5ccc(C6(c7ccccc7)c7ccccc7-c7ccccc76)cc54)cc3n2)cc1. The lowest BCUT2D eigenvalue weighted by atomic mass is 9.67. The van der Waals surface area contributed by atoms with Gasteiger partial charge in [-0.05, 0) is 63.7 Å². The lowest BCUT2D eigenvalue weighted by Crippen LogP contribution is -2.28. The van der Waals surface area contributed by atoms with Crippen molar-refractivity contribution in [2.24, 2.45) is 0 Å². The van der Waals surface area contributed by atoms with E-state index in [4.69, 9.17) is 4.98 Å². The van der Waals surface area contributed by atoms with Gasteiger partial charge in [0.2, 0.25) is 0 Å². The minimum absolute atomic E-state index is 0.459. The summed E-state index contributed by atoms with van der Waals surface area (Å²) in [5.41, 5.74) is 13.9. The molecule has 0 saturated carbocycles. The summed E-state index contributed by atoms with van der Waals surface area (Å²) in [6.45, 7) is 0. The fourth-order valence-electron chi connectivity index (χ4n) is 8.21. The Bertz CT molecular complexity index is 2620. The first kappa shape index (κ1) is 26.9. The molecule has 2 heterocycles. The Hall–Kier alpha value is -6.25. The van der Waals surface area contributed by atoms with Crippen LogP contribution in [-0.2, 0) is 5.41 Å². The zero-order valence-electron chi connectivity index (χ0n) is 26.2. The summed E-state index contributed by atoms with van der Waals surface area (Å²) >= 11 is 0. The summed E-state index contributed by atoms with van der Waals surface area (Å²) in [5.74, 6) is 0. The van der Waals surface area contributed by atoms with E-state index in [-0.39, 0.29) is 0 Å². The topological polar surface area (TPSA) is 17.8 Å². The smallest absolute Gasteiger partial charge is 0.0730 e. The predicted molar refractivity (Wildman–Crippen MR) is 199 cm³/mol. The van der Waals surface area contributed by atoms with Crippen LogP contribution in [0.1, 0.15) is 22.3 Å². The standard InChI is InChI=1S/C46H30N2/c1-3-13-31(14-4-1)42-28-24-32-23-26-35(30-43(32)47-42)48-44-22-12-9-19-38(44)39-27-25-34(29-45(39)48)46(33-15-5-2-6-16-33)40-20-10-7-17-36(40)37-18-8-11-21-41(37)46/h1-30H. The van der Waals surface area contributed by atoms with Gasteiger partial charge in [-0.3, -0.25) is 0 Å². The lowest BCUT2D eigenvalue weighted by molar-refractivity contribution is 0.769. The van der Waals surface area contributed by atoms with Gasteiger partial charge in [-0.2, -0.15) is 0 Å². The molecule has 48 heavy (non-hydrogen) atoms. The van der Waals surface area contributed by atoms with Crippen molar-refractivity contribution >= 4 is 32.7 Å². The Morgan fingerprint density at radius 1 is 0.438 bits per heavy atom. The molecule has 0 atom stereocenters. The van der Waals surface area contributed by atoms with Gasteiger partial charge in [-0.1, -0.05) is 152 Å². The minimum Gasteiger partial charge on any atom is -0.309 e. The van der Waals surface area contributed by atoms with Gasteiger partial charge in [-0.15, -0.1) is 0 Å². The largest absolute Gasteiger partial charge is 0.309 e. The van der Waals surface area contributed by atoms with Crippen LogP contribution < -0.4 is 0 Å². The number of aromatic nitrogens is 2.